The number of nitrogens with zero attached hydrogens (tertiary/aromatic N) is 2. The van der Waals surface area contributed by atoms with Gasteiger partial charge in [-0.05, 0) is 25.5 Å². The molecule has 13 nitrogen and oxygen atoms in total. The number of esters is 2. The molecule has 2 atom stereocenters. The van der Waals surface area contributed by atoms with Gasteiger partial charge in [0.25, 0.3) is 5.09 Å². The van der Waals surface area contributed by atoms with Crippen LogP contribution in [0.15, 0.2) is 40.5 Å². The maximum Gasteiger partial charge on any atom is 0.407 e. The summed E-state index contributed by atoms with van der Waals surface area (Å²) < 4.78 is 21.1. The Bertz CT molecular complexity index is 1130. The molecule has 0 spiro atoms. The topological polar surface area (TPSA) is 165 Å². The second kappa shape index (κ2) is 18.4. The Morgan fingerprint density at radius 1 is 1.12 bits per heavy atom. The molecule has 1 N–H and O–H groups in total. The summed E-state index contributed by atoms with van der Waals surface area (Å²) in [6.45, 7) is 3.70. The van der Waals surface area contributed by atoms with Gasteiger partial charge in [0.05, 0.1) is 38.2 Å². The normalized spacial score (nSPS) is 16.4. The molecule has 0 saturated heterocycles. The Hall–Kier alpha value is -3.01. The molecule has 2 rings (SSSR count). The second-order valence-corrected chi connectivity index (χ2v) is 11.3. The van der Waals surface area contributed by atoms with Crippen LogP contribution in [-0.2, 0) is 33.4 Å². The number of carbonyl (C=O) groups excluding carboxylic acids is 3. The molecular weight excluding hydrogens is 602 g/mol. The number of aliphatic imine (C=N–C) groups is 1. The van der Waals surface area contributed by atoms with Gasteiger partial charge in [-0.3, -0.25) is 9.79 Å². The molecule has 1 aliphatic rings. The van der Waals surface area contributed by atoms with Gasteiger partial charge < -0.3 is 29.1 Å². The van der Waals surface area contributed by atoms with E-state index in [0.29, 0.717) is 27.8 Å². The highest BCUT2D eigenvalue weighted by Gasteiger charge is 2.43. The van der Waals surface area contributed by atoms with Crippen LogP contribution in [0.2, 0.25) is 5.02 Å². The van der Waals surface area contributed by atoms with Gasteiger partial charge >= 0.3 is 18.0 Å². The molecule has 0 bridgehead atoms. The lowest BCUT2D eigenvalue weighted by Crippen LogP contribution is -2.37. The van der Waals surface area contributed by atoms with Gasteiger partial charge in [0.2, 0.25) is 0 Å². The molecule has 41 heavy (non-hydrogen) atoms. The number of hydrogen-bond acceptors (Lipinski definition) is 13. The first kappa shape index (κ1) is 34.2. The number of nitrogens with one attached hydrogen (secondary N) is 1. The number of carbonyl (C=O) groups is 3. The summed E-state index contributed by atoms with van der Waals surface area (Å²) in [6, 6.07) is 6.90. The van der Waals surface area contributed by atoms with E-state index >= 15 is 0 Å². The predicted octanol–water partition coefficient (Wildman–Crippen LogP) is 3.84. The maximum absolute atomic E-state index is 13.2. The predicted molar refractivity (Wildman–Crippen MR) is 154 cm³/mol. The molecule has 0 fully saturated rings. The van der Waals surface area contributed by atoms with Crippen LogP contribution >= 0.6 is 33.2 Å². The SMILES string of the molecule is CCOC(=O)C1=C(COCCNC(=O)OCCSSCCO[N+](=O)[O-])N=C(C)C(C(=O)OC)C1c1ccccc1Cl. The van der Waals surface area contributed by atoms with Crippen LogP contribution in [0.5, 0.6) is 0 Å². The maximum atomic E-state index is 13.2. The average Bonchev–Trinajstić information content (AvgIpc) is 2.93. The van der Waals surface area contributed by atoms with Crippen LogP contribution in [0.25, 0.3) is 0 Å². The highest BCUT2D eigenvalue weighted by Crippen LogP contribution is 2.42. The van der Waals surface area contributed by atoms with Crippen LogP contribution in [-0.4, -0.2) is 87.0 Å². The van der Waals surface area contributed by atoms with Crippen molar-refractivity contribution in [1.29, 1.82) is 0 Å². The summed E-state index contributed by atoms with van der Waals surface area (Å²) in [5.74, 6) is -2.00. The van der Waals surface area contributed by atoms with Crippen LogP contribution < -0.4 is 5.32 Å². The minimum Gasteiger partial charge on any atom is -0.468 e. The number of hydrogen-bond donors (Lipinski definition) is 1. The van der Waals surface area contributed by atoms with E-state index in [1.165, 1.54) is 28.7 Å². The van der Waals surface area contributed by atoms with Crippen molar-refractivity contribution in [2.45, 2.75) is 19.8 Å². The second-order valence-electron chi connectivity index (χ2n) is 8.15. The molecule has 1 amide bonds. The van der Waals surface area contributed by atoms with Crippen molar-refractivity contribution in [1.82, 2.24) is 5.32 Å². The van der Waals surface area contributed by atoms with Crippen molar-refractivity contribution < 1.29 is 43.3 Å². The van der Waals surface area contributed by atoms with Gasteiger partial charge in [0.1, 0.15) is 19.1 Å². The standard InChI is InChI=1S/C25H32ClN3O10S2/c1-4-37-24(31)22-19(15-36-10-9-27-25(32)38-11-13-40-41-14-12-39-29(33)34)28-16(2)20(23(30)35-3)21(22)17-7-5-6-8-18(17)26/h5-8,20-21H,4,9-15H2,1-3H3,(H,27,32). The van der Waals surface area contributed by atoms with Crippen LogP contribution in [0, 0.1) is 16.0 Å². The van der Waals surface area contributed by atoms with Crippen LogP contribution in [0.1, 0.15) is 25.3 Å². The fourth-order valence-electron chi connectivity index (χ4n) is 3.87. The van der Waals surface area contributed by atoms with E-state index < -0.39 is 35.0 Å². The minimum absolute atomic E-state index is 0.0123. The van der Waals surface area contributed by atoms with Gasteiger partial charge in [-0.15, -0.1) is 10.1 Å². The quantitative estimate of drug-likeness (QED) is 0.0659. The largest absolute Gasteiger partial charge is 0.468 e. The van der Waals surface area contributed by atoms with Gasteiger partial charge in [-0.1, -0.05) is 51.4 Å². The van der Waals surface area contributed by atoms with E-state index in [2.05, 4.69) is 15.1 Å². The first-order valence-electron chi connectivity index (χ1n) is 12.5. The van der Waals surface area contributed by atoms with Gasteiger partial charge in [0.15, 0.2) is 0 Å². The van der Waals surface area contributed by atoms with Crippen molar-refractivity contribution in [3.8, 4) is 0 Å². The van der Waals surface area contributed by atoms with Crippen molar-refractivity contribution in [3.05, 3.63) is 56.2 Å². The first-order valence-corrected chi connectivity index (χ1v) is 15.3. The summed E-state index contributed by atoms with van der Waals surface area (Å²) in [4.78, 5) is 56.6. The minimum atomic E-state index is -0.898. The number of halogens is 1. The molecular formula is C25H32ClN3O10S2. The monoisotopic (exact) mass is 633 g/mol. The molecule has 1 aromatic carbocycles. The zero-order valence-electron chi connectivity index (χ0n) is 22.8. The Morgan fingerprint density at radius 3 is 2.49 bits per heavy atom. The van der Waals surface area contributed by atoms with Crippen LogP contribution in [0.3, 0.4) is 0 Å². The zero-order valence-corrected chi connectivity index (χ0v) is 25.2. The Labute approximate surface area is 250 Å². The third kappa shape index (κ3) is 11.1. The molecule has 0 aliphatic carbocycles. The lowest BCUT2D eigenvalue weighted by molar-refractivity contribution is -0.756. The van der Waals surface area contributed by atoms with E-state index in [1.54, 1.807) is 38.1 Å². The van der Waals surface area contributed by atoms with E-state index in [-0.39, 0.29) is 50.8 Å². The molecule has 0 saturated carbocycles. The summed E-state index contributed by atoms with van der Waals surface area (Å²) in [6.07, 6.45) is -0.631. The fourth-order valence-corrected chi connectivity index (χ4v) is 5.77. The molecule has 1 aromatic rings. The van der Waals surface area contributed by atoms with Gasteiger partial charge in [-0.25, -0.2) is 9.59 Å². The molecule has 1 heterocycles. The van der Waals surface area contributed by atoms with E-state index in [1.807, 2.05) is 0 Å². The van der Waals surface area contributed by atoms with E-state index in [4.69, 9.17) is 30.5 Å². The lowest BCUT2D eigenvalue weighted by atomic mass is 9.75. The van der Waals surface area contributed by atoms with Gasteiger partial charge in [-0.2, -0.15) is 0 Å². The highest BCUT2D eigenvalue weighted by molar-refractivity contribution is 8.76. The van der Waals surface area contributed by atoms with Crippen molar-refractivity contribution in [2.75, 3.05) is 58.2 Å². The average molecular weight is 634 g/mol. The molecule has 226 valence electrons. The van der Waals surface area contributed by atoms with Crippen molar-refractivity contribution in [2.24, 2.45) is 10.9 Å². The number of methoxy groups -OCH3 is 1. The Morgan fingerprint density at radius 2 is 1.83 bits per heavy atom. The summed E-state index contributed by atoms with van der Waals surface area (Å²) in [7, 11) is 4.03. The highest BCUT2D eigenvalue weighted by atomic mass is 35.5. The number of benzene rings is 1. The summed E-state index contributed by atoms with van der Waals surface area (Å²) in [5.41, 5.74) is 1.40. The Balaban J connectivity index is 1.98. The third-order valence-corrected chi connectivity index (χ3v) is 8.19. The Kier molecular flexibility index (Phi) is 15.4. The van der Waals surface area contributed by atoms with Crippen molar-refractivity contribution >= 4 is 56.9 Å². The first-order chi connectivity index (χ1) is 19.7. The van der Waals surface area contributed by atoms with Crippen molar-refractivity contribution in [3.63, 3.8) is 0 Å². The number of amides is 1. The lowest BCUT2D eigenvalue weighted by Gasteiger charge is -2.32. The number of ether oxygens (including phenoxy) is 4. The summed E-state index contributed by atoms with van der Waals surface area (Å²) in [5, 5.41) is 12.1. The van der Waals surface area contributed by atoms with E-state index in [9.17, 15) is 24.5 Å². The number of rotatable bonds is 17. The fraction of sp³-hybridized carbons (Fsp3) is 0.520. The molecule has 0 aromatic heterocycles. The van der Waals surface area contributed by atoms with E-state index in [0.717, 1.165) is 0 Å². The molecule has 1 aliphatic heterocycles. The van der Waals surface area contributed by atoms with Crippen LogP contribution in [0.4, 0.5) is 4.79 Å². The summed E-state index contributed by atoms with van der Waals surface area (Å²) >= 11 is 6.49. The number of alkyl carbamates (subject to hydrolysis) is 1. The molecule has 0 radical (unpaired) electrons. The zero-order chi connectivity index (χ0) is 30.2. The smallest absolute Gasteiger partial charge is 0.407 e. The molecule has 2 unspecified atom stereocenters. The van der Waals surface area contributed by atoms with Gasteiger partial charge in [0, 0.05) is 34.7 Å². The molecule has 16 heteroatoms. The third-order valence-electron chi connectivity index (χ3n) is 5.51.